The van der Waals surface area contributed by atoms with Gasteiger partial charge in [-0.2, -0.15) is 0 Å². The van der Waals surface area contributed by atoms with Gasteiger partial charge >= 0.3 is 0 Å². The largest absolute Gasteiger partial charge is 0.507 e. The summed E-state index contributed by atoms with van der Waals surface area (Å²) in [5.41, 5.74) is 0. The van der Waals surface area contributed by atoms with E-state index in [1.54, 1.807) is 30.3 Å². The summed E-state index contributed by atoms with van der Waals surface area (Å²) in [6.45, 7) is 0. The standard InChI is InChI=1S/C15H11ClO3S/c1-20(18,19)11-3-5-13-12-4-2-10(16)6-9(12)7-15(17)14(13)8-11/h2-8,17H,1H3. The van der Waals surface area contributed by atoms with Crippen LogP contribution in [-0.4, -0.2) is 19.8 Å². The van der Waals surface area contributed by atoms with Crippen molar-refractivity contribution in [1.82, 2.24) is 0 Å². The van der Waals surface area contributed by atoms with Crippen LogP contribution >= 0.6 is 11.6 Å². The van der Waals surface area contributed by atoms with Gasteiger partial charge < -0.3 is 5.11 Å². The highest BCUT2D eigenvalue weighted by Crippen LogP contribution is 2.35. The first-order valence-electron chi connectivity index (χ1n) is 5.91. The topological polar surface area (TPSA) is 54.4 Å². The molecule has 0 aliphatic heterocycles. The van der Waals surface area contributed by atoms with E-state index in [0.29, 0.717) is 10.4 Å². The fourth-order valence-corrected chi connectivity index (χ4v) is 3.15. The Bertz CT molecular complexity index is 946. The first-order chi connectivity index (χ1) is 9.36. The number of phenolic OH excluding ortho intramolecular Hbond substituents is 1. The third kappa shape index (κ3) is 2.11. The van der Waals surface area contributed by atoms with E-state index >= 15 is 0 Å². The monoisotopic (exact) mass is 306 g/mol. The molecule has 20 heavy (non-hydrogen) atoms. The molecule has 3 rings (SSSR count). The lowest BCUT2D eigenvalue weighted by Gasteiger charge is -2.08. The van der Waals surface area contributed by atoms with Crippen LogP contribution in [0.25, 0.3) is 21.5 Å². The minimum absolute atomic E-state index is 0.0419. The molecule has 0 bridgehead atoms. The molecular weight excluding hydrogens is 296 g/mol. The molecule has 0 aliphatic rings. The molecule has 102 valence electrons. The van der Waals surface area contributed by atoms with E-state index < -0.39 is 9.84 Å². The fraction of sp³-hybridized carbons (Fsp3) is 0.0667. The Kier molecular flexibility index (Phi) is 2.88. The average Bonchev–Trinajstić information content (AvgIpc) is 2.37. The van der Waals surface area contributed by atoms with Gasteiger partial charge in [-0.25, -0.2) is 8.42 Å². The molecule has 0 atom stereocenters. The Balaban J connectivity index is 2.46. The van der Waals surface area contributed by atoms with E-state index in [4.69, 9.17) is 11.6 Å². The molecule has 0 amide bonds. The maximum Gasteiger partial charge on any atom is 0.175 e. The number of rotatable bonds is 1. The fourth-order valence-electron chi connectivity index (χ4n) is 2.32. The average molecular weight is 307 g/mol. The van der Waals surface area contributed by atoms with Crippen LogP contribution in [0.3, 0.4) is 0 Å². The van der Waals surface area contributed by atoms with Crippen molar-refractivity contribution in [2.45, 2.75) is 4.90 Å². The predicted molar refractivity (Wildman–Crippen MR) is 81.2 cm³/mol. The first-order valence-corrected chi connectivity index (χ1v) is 8.18. The Labute approximate surface area is 121 Å². The van der Waals surface area contributed by atoms with Crippen LogP contribution in [0, 0.1) is 0 Å². The quantitative estimate of drug-likeness (QED) is 0.697. The van der Waals surface area contributed by atoms with Gasteiger partial charge in [0.1, 0.15) is 5.75 Å². The van der Waals surface area contributed by atoms with E-state index in [9.17, 15) is 13.5 Å². The number of hydrogen-bond donors (Lipinski definition) is 1. The third-order valence-corrected chi connectivity index (χ3v) is 4.64. The van der Waals surface area contributed by atoms with Gasteiger partial charge in [0.2, 0.25) is 0 Å². The van der Waals surface area contributed by atoms with Crippen molar-refractivity contribution in [2.75, 3.05) is 6.26 Å². The van der Waals surface area contributed by atoms with Gasteiger partial charge in [0.05, 0.1) is 4.90 Å². The third-order valence-electron chi connectivity index (χ3n) is 3.29. The normalized spacial score (nSPS) is 12.1. The van der Waals surface area contributed by atoms with Crippen molar-refractivity contribution in [3.05, 3.63) is 47.5 Å². The number of sulfone groups is 1. The van der Waals surface area contributed by atoms with Gasteiger partial charge in [-0.1, -0.05) is 23.7 Å². The van der Waals surface area contributed by atoms with Gasteiger partial charge in [-0.15, -0.1) is 0 Å². The molecule has 3 nitrogen and oxygen atoms in total. The lowest BCUT2D eigenvalue weighted by atomic mass is 10.0. The summed E-state index contributed by atoms with van der Waals surface area (Å²) in [5.74, 6) is 0.0419. The molecule has 0 unspecified atom stereocenters. The van der Waals surface area contributed by atoms with Crippen LogP contribution in [0.1, 0.15) is 0 Å². The molecule has 0 saturated heterocycles. The van der Waals surface area contributed by atoms with Crippen molar-refractivity contribution in [3.63, 3.8) is 0 Å². The lowest BCUT2D eigenvalue weighted by molar-refractivity contribution is 0.482. The van der Waals surface area contributed by atoms with Gasteiger partial charge in [-0.3, -0.25) is 0 Å². The minimum atomic E-state index is -3.30. The molecular formula is C15H11ClO3S. The van der Waals surface area contributed by atoms with Crippen LogP contribution in [0.4, 0.5) is 0 Å². The number of phenols is 1. The van der Waals surface area contributed by atoms with E-state index in [1.165, 1.54) is 6.07 Å². The molecule has 0 radical (unpaired) electrons. The second-order valence-corrected chi connectivity index (χ2v) is 7.19. The second kappa shape index (κ2) is 4.36. The van der Waals surface area contributed by atoms with Crippen molar-refractivity contribution < 1.29 is 13.5 Å². The molecule has 0 aromatic heterocycles. The molecule has 5 heteroatoms. The summed E-state index contributed by atoms with van der Waals surface area (Å²) in [7, 11) is -3.30. The van der Waals surface area contributed by atoms with Crippen LogP contribution in [-0.2, 0) is 9.84 Å². The molecule has 0 saturated carbocycles. The van der Waals surface area contributed by atoms with Crippen LogP contribution in [0.15, 0.2) is 47.4 Å². The molecule has 1 N–H and O–H groups in total. The molecule has 0 fully saturated rings. The van der Waals surface area contributed by atoms with E-state index in [0.717, 1.165) is 22.4 Å². The van der Waals surface area contributed by atoms with Gasteiger partial charge in [0, 0.05) is 16.7 Å². The Morgan fingerprint density at radius 1 is 0.950 bits per heavy atom. The van der Waals surface area contributed by atoms with E-state index in [1.807, 2.05) is 6.07 Å². The summed E-state index contributed by atoms with van der Waals surface area (Å²) in [6, 6.07) is 11.7. The van der Waals surface area contributed by atoms with Crippen molar-refractivity contribution >= 4 is 43.0 Å². The zero-order chi connectivity index (χ0) is 14.5. The predicted octanol–water partition coefficient (Wildman–Crippen LogP) is 3.76. The zero-order valence-corrected chi connectivity index (χ0v) is 12.2. The SMILES string of the molecule is CS(=O)(=O)c1ccc2c(c1)c(O)cc1cc(Cl)ccc12. The van der Waals surface area contributed by atoms with Gasteiger partial charge in [0.15, 0.2) is 9.84 Å². The van der Waals surface area contributed by atoms with Crippen LogP contribution < -0.4 is 0 Å². The lowest BCUT2D eigenvalue weighted by Crippen LogP contribution is -1.96. The Morgan fingerprint density at radius 2 is 1.65 bits per heavy atom. The highest BCUT2D eigenvalue weighted by Gasteiger charge is 2.12. The smallest absolute Gasteiger partial charge is 0.175 e. The number of halogens is 1. The first kappa shape index (κ1) is 13.2. The Hall–Kier alpha value is -1.78. The van der Waals surface area contributed by atoms with Crippen LogP contribution in [0.5, 0.6) is 5.75 Å². The zero-order valence-electron chi connectivity index (χ0n) is 10.6. The molecule has 0 heterocycles. The van der Waals surface area contributed by atoms with Gasteiger partial charge in [-0.05, 0) is 46.5 Å². The second-order valence-electron chi connectivity index (χ2n) is 4.74. The number of benzene rings is 3. The number of hydrogen-bond acceptors (Lipinski definition) is 3. The van der Waals surface area contributed by atoms with Crippen molar-refractivity contribution in [3.8, 4) is 5.75 Å². The molecule has 3 aromatic rings. The summed E-state index contributed by atoms with van der Waals surface area (Å²) < 4.78 is 23.2. The summed E-state index contributed by atoms with van der Waals surface area (Å²) >= 11 is 5.95. The maximum absolute atomic E-state index is 11.6. The van der Waals surface area contributed by atoms with Crippen molar-refractivity contribution in [2.24, 2.45) is 0 Å². The highest BCUT2D eigenvalue weighted by molar-refractivity contribution is 7.90. The van der Waals surface area contributed by atoms with E-state index in [-0.39, 0.29) is 10.6 Å². The summed E-state index contributed by atoms with van der Waals surface area (Å²) in [5, 5.41) is 13.7. The molecule has 0 spiro atoms. The van der Waals surface area contributed by atoms with Gasteiger partial charge in [0.25, 0.3) is 0 Å². The number of fused-ring (bicyclic) bond motifs is 3. The maximum atomic E-state index is 11.6. The summed E-state index contributed by atoms with van der Waals surface area (Å²) in [6.07, 6.45) is 1.14. The molecule has 0 aliphatic carbocycles. The number of aromatic hydroxyl groups is 1. The van der Waals surface area contributed by atoms with E-state index in [2.05, 4.69) is 0 Å². The van der Waals surface area contributed by atoms with Crippen LogP contribution in [0.2, 0.25) is 5.02 Å². The Morgan fingerprint density at radius 3 is 2.35 bits per heavy atom. The highest BCUT2D eigenvalue weighted by atomic mass is 35.5. The summed E-state index contributed by atoms with van der Waals surface area (Å²) in [4.78, 5) is 0.189. The molecule has 3 aromatic carbocycles. The van der Waals surface area contributed by atoms with Crippen molar-refractivity contribution in [1.29, 1.82) is 0 Å². The minimum Gasteiger partial charge on any atom is -0.507 e.